The maximum atomic E-state index is 7.82. The second-order valence-electron chi connectivity index (χ2n) is 5.65. The van der Waals surface area contributed by atoms with Crippen LogP contribution in [0.3, 0.4) is 0 Å². The van der Waals surface area contributed by atoms with E-state index in [0.29, 0.717) is 5.59 Å². The first kappa shape index (κ1) is 10.1. The Hall–Kier alpha value is -1.73. The minimum Gasteiger partial charge on any atom is -0.398 e. The molecule has 0 N–H and O–H groups in total. The molecule has 0 amide bonds. The Balaban J connectivity index is 1.97. The average Bonchev–Trinajstić information content (AvgIpc) is 2.86. The molecule has 1 fully saturated rings. The summed E-state index contributed by atoms with van der Waals surface area (Å²) in [5.74, 6) is 0.245. The zero-order chi connectivity index (χ0) is 17.0. The molecule has 2 aromatic rings. The highest BCUT2D eigenvalue weighted by Crippen LogP contribution is 2.36. The summed E-state index contributed by atoms with van der Waals surface area (Å²) in [5.41, 5.74) is -0.539. The van der Waals surface area contributed by atoms with Gasteiger partial charge in [0, 0.05) is 18.5 Å². The molecule has 1 saturated heterocycles. The predicted molar refractivity (Wildman–Crippen MR) is 74.9 cm³/mol. The monoisotopic (exact) mass is 275 g/mol. The van der Waals surface area contributed by atoms with Crippen molar-refractivity contribution in [1.29, 1.82) is 0 Å². The third-order valence-electron chi connectivity index (χ3n) is 3.72. The SMILES string of the molecule is [2H]c1nn(-c2cncc(B3OC(C)(C)C(C)(C)O3)n2)c([2H])c1[2H]. The molecule has 1 aliphatic heterocycles. The van der Waals surface area contributed by atoms with Crippen LogP contribution in [0.2, 0.25) is 0 Å². The van der Waals surface area contributed by atoms with Crippen LogP contribution in [0.5, 0.6) is 0 Å². The van der Waals surface area contributed by atoms with E-state index in [9.17, 15) is 0 Å². The standard InChI is InChI=1S/C13H17BN4O2/c1-12(2)13(3,4)20-14(19-12)10-8-15-9-11(17-10)18-7-5-6-16-18/h5-9H,1-4H3/i5D,6D,7D. The van der Waals surface area contributed by atoms with Gasteiger partial charge in [0.2, 0.25) is 0 Å². The Morgan fingerprint density at radius 2 is 1.90 bits per heavy atom. The summed E-state index contributed by atoms with van der Waals surface area (Å²) < 4.78 is 35.9. The zero-order valence-corrected chi connectivity index (χ0v) is 11.8. The lowest BCUT2D eigenvalue weighted by Crippen LogP contribution is -2.41. The molecular weight excluding hydrogens is 255 g/mol. The number of hydrogen-bond donors (Lipinski definition) is 0. The molecule has 0 aliphatic carbocycles. The summed E-state index contributed by atoms with van der Waals surface area (Å²) in [7, 11) is -0.678. The molecule has 0 saturated carbocycles. The quantitative estimate of drug-likeness (QED) is 0.764. The normalized spacial score (nSPS) is 22.4. The molecule has 1 aliphatic rings. The van der Waals surface area contributed by atoms with E-state index in [-0.39, 0.29) is 24.2 Å². The van der Waals surface area contributed by atoms with Crippen LogP contribution in [0, 0.1) is 0 Å². The molecule has 0 bridgehead atoms. The van der Waals surface area contributed by atoms with Crippen LogP contribution in [0.1, 0.15) is 31.8 Å². The molecule has 7 heteroatoms. The van der Waals surface area contributed by atoms with Gasteiger partial charge in [-0.05, 0) is 33.7 Å². The lowest BCUT2D eigenvalue weighted by Gasteiger charge is -2.32. The molecule has 104 valence electrons. The minimum atomic E-state index is -0.678. The zero-order valence-electron chi connectivity index (χ0n) is 14.8. The van der Waals surface area contributed by atoms with Gasteiger partial charge in [-0.3, -0.25) is 4.98 Å². The number of hydrogen-bond acceptors (Lipinski definition) is 5. The van der Waals surface area contributed by atoms with E-state index in [1.807, 2.05) is 27.7 Å². The first-order valence-electron chi connectivity index (χ1n) is 7.83. The van der Waals surface area contributed by atoms with Gasteiger partial charge in [0.05, 0.1) is 27.1 Å². The summed E-state index contributed by atoms with van der Waals surface area (Å²) in [6.07, 6.45) is 2.45. The third kappa shape index (κ3) is 2.12. The first-order chi connectivity index (χ1) is 10.6. The molecule has 0 aromatic carbocycles. The minimum absolute atomic E-state index is 0.213. The molecule has 3 heterocycles. The third-order valence-corrected chi connectivity index (χ3v) is 3.72. The number of aromatic nitrogens is 4. The summed E-state index contributed by atoms with van der Waals surface area (Å²) >= 11 is 0. The van der Waals surface area contributed by atoms with Crippen molar-refractivity contribution in [1.82, 2.24) is 19.7 Å². The Bertz CT molecular complexity index is 750. The molecule has 0 unspecified atom stereocenters. The van der Waals surface area contributed by atoms with Crippen LogP contribution >= 0.6 is 0 Å². The van der Waals surface area contributed by atoms with Gasteiger partial charge < -0.3 is 9.31 Å². The smallest absolute Gasteiger partial charge is 0.398 e. The molecule has 0 spiro atoms. The fraction of sp³-hybridized carbons (Fsp3) is 0.462. The van der Waals surface area contributed by atoms with Gasteiger partial charge in [-0.2, -0.15) is 5.10 Å². The number of rotatable bonds is 2. The maximum Gasteiger partial charge on any atom is 0.516 e. The van der Waals surface area contributed by atoms with E-state index < -0.39 is 18.3 Å². The fourth-order valence-electron chi connectivity index (χ4n) is 1.84. The summed E-state index contributed by atoms with van der Waals surface area (Å²) in [6, 6.07) is -0.257. The van der Waals surface area contributed by atoms with Crippen molar-refractivity contribution in [3.63, 3.8) is 0 Å². The van der Waals surface area contributed by atoms with E-state index in [0.717, 1.165) is 4.68 Å². The van der Waals surface area contributed by atoms with Crippen molar-refractivity contribution in [2.45, 2.75) is 38.9 Å². The predicted octanol–water partition coefficient (Wildman–Crippen LogP) is 0.961. The van der Waals surface area contributed by atoms with Crippen LogP contribution in [0.25, 0.3) is 5.82 Å². The van der Waals surface area contributed by atoms with Gasteiger partial charge in [0.1, 0.15) is 0 Å². The van der Waals surface area contributed by atoms with Crippen LogP contribution in [0.4, 0.5) is 0 Å². The average molecular weight is 275 g/mol. The lowest BCUT2D eigenvalue weighted by molar-refractivity contribution is 0.00578. The maximum absolute atomic E-state index is 7.82. The summed E-state index contributed by atoms with van der Waals surface area (Å²) in [6.45, 7) is 7.77. The van der Waals surface area contributed by atoms with Crippen molar-refractivity contribution in [3.05, 3.63) is 30.8 Å². The van der Waals surface area contributed by atoms with E-state index in [4.69, 9.17) is 13.4 Å². The molecule has 2 aromatic heterocycles. The van der Waals surface area contributed by atoms with Crippen molar-refractivity contribution in [3.8, 4) is 5.82 Å². The second-order valence-corrected chi connectivity index (χ2v) is 5.65. The molecule has 20 heavy (non-hydrogen) atoms. The largest absolute Gasteiger partial charge is 0.516 e. The first-order valence-corrected chi connectivity index (χ1v) is 6.33. The summed E-state index contributed by atoms with van der Waals surface area (Å²) in [5, 5.41) is 3.83. The lowest BCUT2D eigenvalue weighted by atomic mass is 9.85. The van der Waals surface area contributed by atoms with Crippen molar-refractivity contribution < 1.29 is 13.4 Å². The van der Waals surface area contributed by atoms with Crippen LogP contribution in [0.15, 0.2) is 30.8 Å². The van der Waals surface area contributed by atoms with E-state index in [1.165, 1.54) is 12.4 Å². The second kappa shape index (κ2) is 4.39. The van der Waals surface area contributed by atoms with Crippen molar-refractivity contribution >= 4 is 12.7 Å². The van der Waals surface area contributed by atoms with Gasteiger partial charge in [-0.1, -0.05) is 0 Å². The van der Waals surface area contributed by atoms with Gasteiger partial charge >= 0.3 is 7.12 Å². The summed E-state index contributed by atoms with van der Waals surface area (Å²) in [4.78, 5) is 8.46. The number of nitrogens with zero attached hydrogens (tertiary/aromatic N) is 4. The molecule has 6 nitrogen and oxygen atoms in total. The van der Waals surface area contributed by atoms with Crippen LogP contribution in [-0.2, 0) is 9.31 Å². The topological polar surface area (TPSA) is 62.1 Å². The highest BCUT2D eigenvalue weighted by atomic mass is 16.7. The van der Waals surface area contributed by atoms with Gasteiger partial charge in [0.15, 0.2) is 5.82 Å². The molecule has 3 rings (SSSR count). The molecular formula is C13H17BN4O2. The fourth-order valence-corrected chi connectivity index (χ4v) is 1.84. The van der Waals surface area contributed by atoms with Crippen molar-refractivity contribution in [2.24, 2.45) is 0 Å². The molecule has 0 atom stereocenters. The Morgan fingerprint density at radius 1 is 1.20 bits per heavy atom. The highest BCUT2D eigenvalue weighted by molar-refractivity contribution is 6.61. The Labute approximate surface area is 122 Å². The van der Waals surface area contributed by atoms with E-state index in [2.05, 4.69) is 15.1 Å². The van der Waals surface area contributed by atoms with Crippen LogP contribution < -0.4 is 5.59 Å². The highest BCUT2D eigenvalue weighted by Gasteiger charge is 2.52. The molecule has 0 radical (unpaired) electrons. The Morgan fingerprint density at radius 3 is 2.50 bits per heavy atom. The van der Waals surface area contributed by atoms with Crippen molar-refractivity contribution in [2.75, 3.05) is 0 Å². The Kier molecular flexibility index (Phi) is 2.21. The van der Waals surface area contributed by atoms with E-state index in [1.54, 1.807) is 0 Å². The van der Waals surface area contributed by atoms with Gasteiger partial charge in [0.25, 0.3) is 0 Å². The van der Waals surface area contributed by atoms with Crippen LogP contribution in [-0.4, -0.2) is 38.1 Å². The van der Waals surface area contributed by atoms with Gasteiger partial charge in [-0.15, -0.1) is 0 Å². The van der Waals surface area contributed by atoms with Gasteiger partial charge in [-0.25, -0.2) is 9.67 Å². The van der Waals surface area contributed by atoms with E-state index >= 15 is 0 Å².